The summed E-state index contributed by atoms with van der Waals surface area (Å²) in [5.41, 5.74) is 0. The summed E-state index contributed by atoms with van der Waals surface area (Å²) in [7, 11) is 1.65. The van der Waals surface area contributed by atoms with Crippen LogP contribution in [0, 0.1) is 5.92 Å². The van der Waals surface area contributed by atoms with Crippen LogP contribution >= 0.6 is 0 Å². The second-order valence-corrected chi connectivity index (χ2v) is 4.89. The lowest BCUT2D eigenvalue weighted by Crippen LogP contribution is -2.50. The van der Waals surface area contributed by atoms with Crippen molar-refractivity contribution in [1.29, 1.82) is 0 Å². The SMILES string of the molecule is CNC(=O)C1CCCN(C(=O)C2CCCN2)C1. The van der Waals surface area contributed by atoms with Crippen molar-refractivity contribution in [2.75, 3.05) is 26.7 Å². The molecule has 2 atom stereocenters. The normalized spacial score (nSPS) is 29.1. The number of carbonyl (C=O) groups is 2. The molecule has 0 aromatic carbocycles. The van der Waals surface area contributed by atoms with E-state index in [0.717, 1.165) is 38.8 Å². The van der Waals surface area contributed by atoms with Gasteiger partial charge in [-0.15, -0.1) is 0 Å². The van der Waals surface area contributed by atoms with Gasteiger partial charge >= 0.3 is 0 Å². The van der Waals surface area contributed by atoms with Crippen molar-refractivity contribution in [1.82, 2.24) is 15.5 Å². The Hall–Kier alpha value is -1.10. The molecule has 2 fully saturated rings. The largest absolute Gasteiger partial charge is 0.359 e. The lowest BCUT2D eigenvalue weighted by molar-refractivity contribution is -0.137. The number of hydrogen-bond donors (Lipinski definition) is 2. The van der Waals surface area contributed by atoms with Crippen LogP contribution in [-0.2, 0) is 9.59 Å². The predicted octanol–water partition coefficient (Wildman–Crippen LogP) is -0.277. The highest BCUT2D eigenvalue weighted by atomic mass is 16.2. The van der Waals surface area contributed by atoms with Crippen molar-refractivity contribution in [3.8, 4) is 0 Å². The van der Waals surface area contributed by atoms with Crippen LogP contribution in [0.4, 0.5) is 0 Å². The van der Waals surface area contributed by atoms with E-state index in [1.54, 1.807) is 7.05 Å². The Morgan fingerprint density at radius 2 is 2.12 bits per heavy atom. The third-order valence-corrected chi connectivity index (χ3v) is 3.71. The van der Waals surface area contributed by atoms with E-state index < -0.39 is 0 Å². The minimum absolute atomic E-state index is 0.0153. The van der Waals surface area contributed by atoms with E-state index in [9.17, 15) is 9.59 Å². The molecule has 2 N–H and O–H groups in total. The number of likely N-dealkylation sites (tertiary alicyclic amines) is 1. The summed E-state index contributed by atoms with van der Waals surface area (Å²) in [6, 6.07) is -0.0153. The van der Waals surface area contributed by atoms with E-state index in [-0.39, 0.29) is 23.8 Å². The van der Waals surface area contributed by atoms with Gasteiger partial charge in [0, 0.05) is 20.1 Å². The topological polar surface area (TPSA) is 61.4 Å². The zero-order chi connectivity index (χ0) is 12.3. The van der Waals surface area contributed by atoms with Gasteiger partial charge in [-0.3, -0.25) is 9.59 Å². The second-order valence-electron chi connectivity index (χ2n) is 4.89. The van der Waals surface area contributed by atoms with Crippen LogP contribution in [0.5, 0.6) is 0 Å². The fourth-order valence-corrected chi connectivity index (χ4v) is 2.71. The fourth-order valence-electron chi connectivity index (χ4n) is 2.71. The third-order valence-electron chi connectivity index (χ3n) is 3.71. The molecule has 0 bridgehead atoms. The number of rotatable bonds is 2. The Morgan fingerprint density at radius 1 is 1.29 bits per heavy atom. The van der Waals surface area contributed by atoms with Gasteiger partial charge in [-0.25, -0.2) is 0 Å². The number of carbonyl (C=O) groups excluding carboxylic acids is 2. The van der Waals surface area contributed by atoms with Gasteiger partial charge in [-0.2, -0.15) is 0 Å². The van der Waals surface area contributed by atoms with Crippen molar-refractivity contribution < 1.29 is 9.59 Å². The molecule has 0 aliphatic carbocycles. The van der Waals surface area contributed by atoms with Crippen LogP contribution in [0.3, 0.4) is 0 Å². The molecule has 0 aromatic rings. The molecule has 2 heterocycles. The molecule has 5 nitrogen and oxygen atoms in total. The van der Waals surface area contributed by atoms with Gasteiger partial charge in [0.2, 0.25) is 11.8 Å². The highest BCUT2D eigenvalue weighted by molar-refractivity contribution is 5.84. The predicted molar refractivity (Wildman–Crippen MR) is 64.4 cm³/mol. The molecule has 2 amide bonds. The summed E-state index contributed by atoms with van der Waals surface area (Å²) in [5, 5.41) is 5.89. The van der Waals surface area contributed by atoms with Crippen LogP contribution in [0.1, 0.15) is 25.7 Å². The monoisotopic (exact) mass is 239 g/mol. The molecule has 2 aliphatic rings. The standard InChI is InChI=1S/C12H21N3O2/c1-13-11(16)9-4-3-7-15(8-9)12(17)10-5-2-6-14-10/h9-10,14H,2-8H2,1H3,(H,13,16). The van der Waals surface area contributed by atoms with E-state index >= 15 is 0 Å². The number of hydrogen-bond acceptors (Lipinski definition) is 3. The molecule has 17 heavy (non-hydrogen) atoms. The molecule has 2 unspecified atom stereocenters. The molecule has 2 saturated heterocycles. The van der Waals surface area contributed by atoms with Crippen LogP contribution in [0.15, 0.2) is 0 Å². The van der Waals surface area contributed by atoms with Crippen molar-refractivity contribution in [3.05, 3.63) is 0 Å². The summed E-state index contributed by atoms with van der Waals surface area (Å²) in [4.78, 5) is 25.6. The first-order valence-corrected chi connectivity index (χ1v) is 6.46. The molecular formula is C12H21N3O2. The Labute approximate surface area is 102 Å². The smallest absolute Gasteiger partial charge is 0.239 e. The van der Waals surface area contributed by atoms with Crippen molar-refractivity contribution in [2.45, 2.75) is 31.7 Å². The highest BCUT2D eigenvalue weighted by Gasteiger charge is 2.32. The van der Waals surface area contributed by atoms with Gasteiger partial charge in [0.15, 0.2) is 0 Å². The first kappa shape index (κ1) is 12.4. The molecule has 0 saturated carbocycles. The van der Waals surface area contributed by atoms with Gasteiger partial charge in [-0.05, 0) is 32.2 Å². The van der Waals surface area contributed by atoms with E-state index in [1.165, 1.54) is 0 Å². The number of amides is 2. The van der Waals surface area contributed by atoms with E-state index in [2.05, 4.69) is 10.6 Å². The second kappa shape index (κ2) is 5.49. The summed E-state index contributed by atoms with van der Waals surface area (Å²) < 4.78 is 0. The average molecular weight is 239 g/mol. The minimum atomic E-state index is -0.0286. The van der Waals surface area contributed by atoms with E-state index in [0.29, 0.717) is 6.54 Å². The zero-order valence-corrected chi connectivity index (χ0v) is 10.4. The van der Waals surface area contributed by atoms with Crippen LogP contribution < -0.4 is 10.6 Å². The molecule has 96 valence electrons. The zero-order valence-electron chi connectivity index (χ0n) is 10.4. The summed E-state index contributed by atoms with van der Waals surface area (Å²) in [5.74, 6) is 0.206. The van der Waals surface area contributed by atoms with Crippen molar-refractivity contribution in [2.24, 2.45) is 5.92 Å². The lowest BCUT2D eigenvalue weighted by atomic mass is 9.96. The quantitative estimate of drug-likeness (QED) is 0.697. The maximum atomic E-state index is 12.2. The highest BCUT2D eigenvalue weighted by Crippen LogP contribution is 2.19. The maximum Gasteiger partial charge on any atom is 0.239 e. The number of piperidine rings is 1. The maximum absolute atomic E-state index is 12.2. The van der Waals surface area contributed by atoms with Crippen LogP contribution in [0.25, 0.3) is 0 Å². The van der Waals surface area contributed by atoms with Gasteiger partial charge in [-0.1, -0.05) is 0 Å². The Balaban J connectivity index is 1.92. The number of nitrogens with zero attached hydrogens (tertiary/aromatic N) is 1. The van der Waals surface area contributed by atoms with Gasteiger partial charge in [0.25, 0.3) is 0 Å². The van der Waals surface area contributed by atoms with Gasteiger partial charge in [0.1, 0.15) is 0 Å². The minimum Gasteiger partial charge on any atom is -0.359 e. The molecule has 0 aromatic heterocycles. The van der Waals surface area contributed by atoms with Crippen LogP contribution in [-0.4, -0.2) is 49.4 Å². The molecular weight excluding hydrogens is 218 g/mol. The Bertz CT molecular complexity index is 300. The summed E-state index contributed by atoms with van der Waals surface area (Å²) in [6.45, 7) is 2.31. The van der Waals surface area contributed by atoms with Crippen molar-refractivity contribution >= 4 is 11.8 Å². The Kier molecular flexibility index (Phi) is 3.99. The fraction of sp³-hybridized carbons (Fsp3) is 0.833. The van der Waals surface area contributed by atoms with Gasteiger partial charge < -0.3 is 15.5 Å². The molecule has 0 spiro atoms. The van der Waals surface area contributed by atoms with Crippen molar-refractivity contribution in [3.63, 3.8) is 0 Å². The third kappa shape index (κ3) is 2.77. The van der Waals surface area contributed by atoms with E-state index in [4.69, 9.17) is 0 Å². The molecule has 0 radical (unpaired) electrons. The molecule has 2 aliphatic heterocycles. The average Bonchev–Trinajstić information content (AvgIpc) is 2.91. The summed E-state index contributed by atoms with van der Waals surface area (Å²) in [6.07, 6.45) is 3.82. The Morgan fingerprint density at radius 3 is 2.76 bits per heavy atom. The van der Waals surface area contributed by atoms with Gasteiger partial charge in [0.05, 0.1) is 12.0 Å². The van der Waals surface area contributed by atoms with E-state index in [1.807, 2.05) is 4.90 Å². The summed E-state index contributed by atoms with van der Waals surface area (Å²) >= 11 is 0. The molecule has 2 rings (SSSR count). The lowest BCUT2D eigenvalue weighted by Gasteiger charge is -2.33. The molecule has 5 heteroatoms. The first-order valence-electron chi connectivity index (χ1n) is 6.46. The number of nitrogens with one attached hydrogen (secondary N) is 2. The van der Waals surface area contributed by atoms with Crippen LogP contribution in [0.2, 0.25) is 0 Å². The first-order chi connectivity index (χ1) is 8.22.